The van der Waals surface area contributed by atoms with Crippen LogP contribution >= 0.6 is 11.3 Å². The molecule has 0 fully saturated rings. The van der Waals surface area contributed by atoms with Crippen LogP contribution < -0.4 is 5.32 Å². The summed E-state index contributed by atoms with van der Waals surface area (Å²) >= 11 is 1.58. The summed E-state index contributed by atoms with van der Waals surface area (Å²) in [7, 11) is 0. The van der Waals surface area contributed by atoms with Gasteiger partial charge < -0.3 is 5.32 Å². The van der Waals surface area contributed by atoms with Gasteiger partial charge in [0, 0.05) is 11.1 Å². The Balaban J connectivity index is 1.91. The number of aromatic amines is 1. The van der Waals surface area contributed by atoms with Gasteiger partial charge in [-0.1, -0.05) is 6.07 Å². The molecule has 0 saturated carbocycles. The predicted octanol–water partition coefficient (Wildman–Crippen LogP) is 1.65. The number of rotatable bonds is 3. The molecule has 2 aromatic rings. The summed E-state index contributed by atoms with van der Waals surface area (Å²) in [5.41, 5.74) is 0.701. The molecule has 0 atom stereocenters. The van der Waals surface area contributed by atoms with Gasteiger partial charge in [0.05, 0.1) is 18.3 Å². The summed E-state index contributed by atoms with van der Waals surface area (Å²) in [4.78, 5) is 12.5. The zero-order valence-corrected chi connectivity index (χ0v) is 8.17. The molecule has 72 valence electrons. The van der Waals surface area contributed by atoms with Crippen LogP contribution in [0.3, 0.4) is 0 Å². The molecule has 0 aliphatic heterocycles. The highest BCUT2D eigenvalue weighted by atomic mass is 32.1. The van der Waals surface area contributed by atoms with Crippen LogP contribution in [0.15, 0.2) is 29.9 Å². The van der Waals surface area contributed by atoms with E-state index < -0.39 is 0 Å². The number of hydrogen-bond acceptors (Lipinski definition) is 3. The Morgan fingerprint density at radius 1 is 1.64 bits per heavy atom. The van der Waals surface area contributed by atoms with Gasteiger partial charge in [-0.3, -0.25) is 9.89 Å². The molecule has 0 radical (unpaired) electrons. The van der Waals surface area contributed by atoms with E-state index in [2.05, 4.69) is 15.5 Å². The Morgan fingerprint density at radius 2 is 2.57 bits per heavy atom. The fourth-order valence-corrected chi connectivity index (χ4v) is 1.80. The third kappa shape index (κ3) is 2.20. The normalized spacial score (nSPS) is 10.0. The molecule has 0 aliphatic carbocycles. The van der Waals surface area contributed by atoms with Crippen LogP contribution in [0.2, 0.25) is 0 Å². The van der Waals surface area contributed by atoms with Crippen molar-refractivity contribution in [2.45, 2.75) is 6.42 Å². The molecule has 2 N–H and O–H groups in total. The van der Waals surface area contributed by atoms with Gasteiger partial charge in [0.15, 0.2) is 0 Å². The van der Waals surface area contributed by atoms with Gasteiger partial charge >= 0.3 is 0 Å². The Labute approximate surface area is 85.0 Å². The number of aromatic nitrogens is 2. The van der Waals surface area contributed by atoms with E-state index in [0.29, 0.717) is 12.1 Å². The lowest BCUT2D eigenvalue weighted by Gasteiger charge is -1.99. The maximum Gasteiger partial charge on any atom is 0.229 e. The van der Waals surface area contributed by atoms with Crippen molar-refractivity contribution in [1.29, 1.82) is 0 Å². The van der Waals surface area contributed by atoms with Gasteiger partial charge in [0.2, 0.25) is 5.91 Å². The standard InChI is InChI=1S/C9H9N3OS/c13-9(4-8-2-1-3-14-8)12-7-5-10-11-6-7/h1-3,5-6H,4H2,(H,10,11)(H,12,13). The number of amides is 1. The average Bonchev–Trinajstić information content (AvgIpc) is 2.76. The van der Waals surface area contributed by atoms with E-state index in [1.807, 2.05) is 17.5 Å². The van der Waals surface area contributed by atoms with Crippen molar-refractivity contribution in [2.24, 2.45) is 0 Å². The molecule has 2 rings (SSSR count). The zero-order valence-electron chi connectivity index (χ0n) is 7.36. The van der Waals surface area contributed by atoms with Crippen LogP contribution in [0.25, 0.3) is 0 Å². The first-order valence-electron chi connectivity index (χ1n) is 4.15. The molecule has 0 aliphatic rings. The molecule has 1 amide bonds. The molecule has 2 heterocycles. The van der Waals surface area contributed by atoms with Crippen molar-refractivity contribution in [2.75, 3.05) is 5.32 Å². The van der Waals surface area contributed by atoms with Crippen molar-refractivity contribution < 1.29 is 4.79 Å². The van der Waals surface area contributed by atoms with Gasteiger partial charge in [0.1, 0.15) is 0 Å². The number of nitrogens with zero attached hydrogens (tertiary/aromatic N) is 1. The molecular formula is C9H9N3OS. The smallest absolute Gasteiger partial charge is 0.229 e. The lowest BCUT2D eigenvalue weighted by molar-refractivity contribution is -0.115. The average molecular weight is 207 g/mol. The van der Waals surface area contributed by atoms with Gasteiger partial charge in [-0.15, -0.1) is 11.3 Å². The minimum absolute atomic E-state index is 0.0196. The number of anilines is 1. The number of H-pyrrole nitrogens is 1. The molecule has 0 spiro atoms. The first-order chi connectivity index (χ1) is 6.84. The number of carbonyl (C=O) groups is 1. The summed E-state index contributed by atoms with van der Waals surface area (Å²) in [5, 5.41) is 11.1. The maximum atomic E-state index is 11.4. The summed E-state index contributed by atoms with van der Waals surface area (Å²) in [6.45, 7) is 0. The molecule has 14 heavy (non-hydrogen) atoms. The number of hydrogen-bond donors (Lipinski definition) is 2. The second-order valence-corrected chi connectivity index (χ2v) is 3.82. The second-order valence-electron chi connectivity index (χ2n) is 2.79. The van der Waals surface area contributed by atoms with Crippen LogP contribution in [-0.2, 0) is 11.2 Å². The first kappa shape index (κ1) is 8.96. The SMILES string of the molecule is O=C(Cc1cccs1)Nc1cn[nH]c1. The molecule has 0 unspecified atom stereocenters. The lowest BCUT2D eigenvalue weighted by Crippen LogP contribution is -2.12. The molecule has 0 saturated heterocycles. The van der Waals surface area contributed by atoms with E-state index in [0.717, 1.165) is 4.88 Å². The van der Waals surface area contributed by atoms with Gasteiger partial charge in [-0.2, -0.15) is 5.10 Å². The molecule has 5 heteroatoms. The highest BCUT2D eigenvalue weighted by molar-refractivity contribution is 7.10. The number of thiophene rings is 1. The van der Waals surface area contributed by atoms with Gasteiger partial charge in [-0.05, 0) is 11.4 Å². The summed E-state index contributed by atoms with van der Waals surface area (Å²) in [6.07, 6.45) is 3.64. The Morgan fingerprint density at radius 3 is 3.21 bits per heavy atom. The quantitative estimate of drug-likeness (QED) is 0.804. The van der Waals surface area contributed by atoms with Gasteiger partial charge in [-0.25, -0.2) is 0 Å². The minimum atomic E-state index is -0.0196. The van der Waals surface area contributed by atoms with E-state index >= 15 is 0 Å². The fraction of sp³-hybridized carbons (Fsp3) is 0.111. The van der Waals surface area contributed by atoms with E-state index in [1.54, 1.807) is 23.7 Å². The van der Waals surface area contributed by atoms with Crippen molar-refractivity contribution in [3.8, 4) is 0 Å². The van der Waals surface area contributed by atoms with E-state index in [9.17, 15) is 4.79 Å². The molecule has 4 nitrogen and oxygen atoms in total. The van der Waals surface area contributed by atoms with E-state index in [-0.39, 0.29) is 5.91 Å². The fourth-order valence-electron chi connectivity index (χ4n) is 1.10. The van der Waals surface area contributed by atoms with Crippen molar-refractivity contribution in [3.63, 3.8) is 0 Å². The third-order valence-electron chi connectivity index (χ3n) is 1.70. The number of nitrogens with one attached hydrogen (secondary N) is 2. The van der Waals surface area contributed by atoms with Crippen LogP contribution in [0.4, 0.5) is 5.69 Å². The van der Waals surface area contributed by atoms with E-state index in [4.69, 9.17) is 0 Å². The minimum Gasteiger partial charge on any atom is -0.323 e. The third-order valence-corrected chi connectivity index (χ3v) is 2.57. The zero-order chi connectivity index (χ0) is 9.80. The highest BCUT2D eigenvalue weighted by Gasteiger charge is 2.04. The summed E-state index contributed by atoms with van der Waals surface area (Å²) in [6, 6.07) is 3.88. The van der Waals surface area contributed by atoms with Gasteiger partial charge in [0.25, 0.3) is 0 Å². The van der Waals surface area contributed by atoms with Crippen LogP contribution in [-0.4, -0.2) is 16.1 Å². The number of carbonyl (C=O) groups excluding carboxylic acids is 1. The Bertz CT molecular complexity index is 355. The summed E-state index contributed by atoms with van der Waals surface area (Å²) < 4.78 is 0. The second kappa shape index (κ2) is 4.06. The van der Waals surface area contributed by atoms with E-state index in [1.165, 1.54) is 0 Å². The molecule has 0 aromatic carbocycles. The van der Waals surface area contributed by atoms with Crippen molar-refractivity contribution in [1.82, 2.24) is 10.2 Å². The summed E-state index contributed by atoms with van der Waals surface area (Å²) in [5.74, 6) is -0.0196. The largest absolute Gasteiger partial charge is 0.323 e. The lowest BCUT2D eigenvalue weighted by atomic mass is 10.3. The Hall–Kier alpha value is -1.62. The van der Waals surface area contributed by atoms with Crippen LogP contribution in [0.1, 0.15) is 4.88 Å². The first-order valence-corrected chi connectivity index (χ1v) is 5.03. The topological polar surface area (TPSA) is 57.8 Å². The monoisotopic (exact) mass is 207 g/mol. The van der Waals surface area contributed by atoms with Crippen molar-refractivity contribution >= 4 is 22.9 Å². The highest BCUT2D eigenvalue weighted by Crippen LogP contribution is 2.10. The van der Waals surface area contributed by atoms with Crippen LogP contribution in [0, 0.1) is 0 Å². The van der Waals surface area contributed by atoms with Crippen LogP contribution in [0.5, 0.6) is 0 Å². The molecule has 2 aromatic heterocycles. The Kier molecular flexibility index (Phi) is 2.60. The molecule has 0 bridgehead atoms. The molecular weight excluding hydrogens is 198 g/mol. The predicted molar refractivity (Wildman–Crippen MR) is 55.2 cm³/mol. The maximum absolute atomic E-state index is 11.4. The van der Waals surface area contributed by atoms with Crippen molar-refractivity contribution in [3.05, 3.63) is 34.8 Å².